The fourth-order valence-electron chi connectivity index (χ4n) is 0.724. The molecule has 0 fully saturated rings. The van der Waals surface area contributed by atoms with Crippen molar-refractivity contribution in [1.82, 2.24) is 5.32 Å². The maximum Gasteiger partial charge on any atom is 0.233 e. The van der Waals surface area contributed by atoms with Crippen molar-refractivity contribution < 1.29 is 4.79 Å². The van der Waals surface area contributed by atoms with Crippen LogP contribution in [0.1, 0.15) is 19.8 Å². The zero-order valence-corrected chi connectivity index (χ0v) is 10.0. The van der Waals surface area contributed by atoms with Gasteiger partial charge < -0.3 is 5.32 Å². The summed E-state index contributed by atoms with van der Waals surface area (Å²) < 4.78 is 0. The van der Waals surface area contributed by atoms with Crippen LogP contribution < -0.4 is 5.32 Å². The Morgan fingerprint density at radius 2 is 2.33 bits per heavy atom. The summed E-state index contributed by atoms with van der Waals surface area (Å²) in [6.07, 6.45) is 3.96. The molecule has 4 heteroatoms. The Hall–Kier alpha value is 0.300. The van der Waals surface area contributed by atoms with Crippen LogP contribution >= 0.6 is 27.7 Å². The lowest BCUT2D eigenvalue weighted by molar-refractivity contribution is -0.120. The predicted molar refractivity (Wildman–Crippen MR) is 59.0 cm³/mol. The summed E-state index contributed by atoms with van der Waals surface area (Å²) >= 11 is 5.10. The Kier molecular flexibility index (Phi) is 8.12. The van der Waals surface area contributed by atoms with E-state index in [9.17, 15) is 4.79 Å². The molecule has 0 spiro atoms. The lowest BCUT2D eigenvalue weighted by atomic mass is 10.3. The van der Waals surface area contributed by atoms with Crippen molar-refractivity contribution >= 4 is 33.6 Å². The molecule has 0 saturated heterocycles. The van der Waals surface area contributed by atoms with Crippen molar-refractivity contribution in [3.05, 3.63) is 0 Å². The number of alkyl halides is 1. The van der Waals surface area contributed by atoms with Gasteiger partial charge in [-0.3, -0.25) is 4.79 Å². The van der Waals surface area contributed by atoms with Gasteiger partial charge >= 0.3 is 0 Å². The lowest BCUT2D eigenvalue weighted by Crippen LogP contribution is -2.31. The molecule has 72 valence electrons. The third-order valence-corrected chi connectivity index (χ3v) is 3.23. The second-order valence-corrected chi connectivity index (χ2v) is 4.60. The van der Waals surface area contributed by atoms with Gasteiger partial charge in [-0.05, 0) is 24.9 Å². The molecule has 0 aliphatic carbocycles. The highest BCUT2D eigenvalue weighted by Crippen LogP contribution is 2.03. The zero-order chi connectivity index (χ0) is 9.40. The van der Waals surface area contributed by atoms with Gasteiger partial charge in [-0.15, -0.1) is 0 Å². The first-order valence-electron chi connectivity index (χ1n) is 4.13. The maximum absolute atomic E-state index is 11.2. The van der Waals surface area contributed by atoms with Gasteiger partial charge in [-0.25, -0.2) is 0 Å². The van der Waals surface area contributed by atoms with E-state index in [1.165, 1.54) is 0 Å². The van der Waals surface area contributed by atoms with Gasteiger partial charge in [0.05, 0.1) is 4.83 Å². The van der Waals surface area contributed by atoms with Crippen LogP contribution in [0.5, 0.6) is 0 Å². The number of rotatable bonds is 6. The first kappa shape index (κ1) is 12.3. The highest BCUT2D eigenvalue weighted by Gasteiger charge is 2.10. The van der Waals surface area contributed by atoms with E-state index in [-0.39, 0.29) is 10.7 Å². The number of carbonyl (C=O) groups is 1. The van der Waals surface area contributed by atoms with E-state index in [1.54, 1.807) is 11.8 Å². The van der Waals surface area contributed by atoms with Gasteiger partial charge in [-0.1, -0.05) is 22.9 Å². The standard InChI is InChI=1S/C8H16BrNOS/c1-3-7(9)8(11)10-5-4-6-12-2/h7H,3-6H2,1-2H3,(H,10,11). The zero-order valence-electron chi connectivity index (χ0n) is 7.60. The van der Waals surface area contributed by atoms with Crippen molar-refractivity contribution in [2.45, 2.75) is 24.6 Å². The van der Waals surface area contributed by atoms with E-state index in [0.29, 0.717) is 0 Å². The molecule has 1 amide bonds. The van der Waals surface area contributed by atoms with Gasteiger partial charge in [0.25, 0.3) is 0 Å². The average molecular weight is 254 g/mol. The average Bonchev–Trinajstić information content (AvgIpc) is 2.10. The predicted octanol–water partition coefficient (Wildman–Crippen LogP) is 2.03. The van der Waals surface area contributed by atoms with Crippen molar-refractivity contribution in [3.63, 3.8) is 0 Å². The van der Waals surface area contributed by atoms with Crippen LogP contribution in [0, 0.1) is 0 Å². The van der Waals surface area contributed by atoms with Crippen LogP contribution in [-0.2, 0) is 4.79 Å². The molecule has 0 radical (unpaired) electrons. The van der Waals surface area contributed by atoms with Gasteiger partial charge in [0.1, 0.15) is 0 Å². The summed E-state index contributed by atoms with van der Waals surface area (Å²) in [7, 11) is 0. The smallest absolute Gasteiger partial charge is 0.233 e. The Morgan fingerprint density at radius 3 is 2.83 bits per heavy atom. The second kappa shape index (κ2) is 7.92. The number of amides is 1. The number of nitrogens with one attached hydrogen (secondary N) is 1. The van der Waals surface area contributed by atoms with E-state index in [4.69, 9.17) is 0 Å². The van der Waals surface area contributed by atoms with E-state index >= 15 is 0 Å². The fourth-order valence-corrected chi connectivity index (χ4v) is 1.32. The molecule has 1 atom stereocenters. The third kappa shape index (κ3) is 5.89. The Bertz CT molecular complexity index is 132. The summed E-state index contributed by atoms with van der Waals surface area (Å²) in [6, 6.07) is 0. The summed E-state index contributed by atoms with van der Waals surface area (Å²) in [6.45, 7) is 2.78. The molecule has 1 N–H and O–H groups in total. The SMILES string of the molecule is CCC(Br)C(=O)NCCCSC. The number of carbonyl (C=O) groups excluding carboxylic acids is 1. The summed E-state index contributed by atoms with van der Waals surface area (Å²) in [5.41, 5.74) is 0. The maximum atomic E-state index is 11.2. The number of hydrogen-bond donors (Lipinski definition) is 1. The molecule has 0 heterocycles. The quantitative estimate of drug-likeness (QED) is 0.580. The summed E-state index contributed by atoms with van der Waals surface area (Å²) in [5, 5.41) is 2.87. The number of halogens is 1. The molecule has 0 aliphatic rings. The Morgan fingerprint density at radius 1 is 1.67 bits per heavy atom. The molecule has 2 nitrogen and oxygen atoms in total. The highest BCUT2D eigenvalue weighted by molar-refractivity contribution is 9.10. The van der Waals surface area contributed by atoms with Crippen LogP contribution in [0.15, 0.2) is 0 Å². The number of hydrogen-bond acceptors (Lipinski definition) is 2. The molecule has 12 heavy (non-hydrogen) atoms. The molecule has 0 saturated carbocycles. The van der Waals surface area contributed by atoms with E-state index in [1.807, 2.05) is 6.92 Å². The van der Waals surface area contributed by atoms with Gasteiger partial charge in [0.15, 0.2) is 0 Å². The lowest BCUT2D eigenvalue weighted by Gasteiger charge is -2.07. The minimum Gasteiger partial charge on any atom is -0.355 e. The molecule has 0 aromatic rings. The van der Waals surface area contributed by atoms with Crippen LogP contribution in [0.4, 0.5) is 0 Å². The first-order valence-corrected chi connectivity index (χ1v) is 6.44. The normalized spacial score (nSPS) is 12.6. The van der Waals surface area contributed by atoms with Gasteiger partial charge in [0.2, 0.25) is 5.91 Å². The van der Waals surface area contributed by atoms with Crippen LogP contribution in [-0.4, -0.2) is 29.3 Å². The largest absolute Gasteiger partial charge is 0.355 e. The van der Waals surface area contributed by atoms with E-state index in [2.05, 4.69) is 27.5 Å². The molecular formula is C8H16BrNOS. The molecular weight excluding hydrogens is 238 g/mol. The van der Waals surface area contributed by atoms with Gasteiger partial charge in [0, 0.05) is 6.54 Å². The molecule has 1 unspecified atom stereocenters. The summed E-state index contributed by atoms with van der Waals surface area (Å²) in [4.78, 5) is 11.2. The van der Waals surface area contributed by atoms with E-state index in [0.717, 1.165) is 25.1 Å². The Labute approximate surface area is 87.0 Å². The third-order valence-electron chi connectivity index (χ3n) is 1.47. The minimum absolute atomic E-state index is 0.0215. The van der Waals surface area contributed by atoms with Crippen molar-refractivity contribution in [2.24, 2.45) is 0 Å². The van der Waals surface area contributed by atoms with Gasteiger partial charge in [-0.2, -0.15) is 11.8 Å². The molecule has 0 aromatic carbocycles. The molecule has 0 aromatic heterocycles. The molecule has 0 aliphatic heterocycles. The van der Waals surface area contributed by atoms with Crippen LogP contribution in [0.2, 0.25) is 0 Å². The van der Waals surface area contributed by atoms with Crippen LogP contribution in [0.25, 0.3) is 0 Å². The van der Waals surface area contributed by atoms with Crippen molar-refractivity contribution in [1.29, 1.82) is 0 Å². The van der Waals surface area contributed by atoms with Crippen molar-refractivity contribution in [3.8, 4) is 0 Å². The topological polar surface area (TPSA) is 29.1 Å². The van der Waals surface area contributed by atoms with E-state index < -0.39 is 0 Å². The van der Waals surface area contributed by atoms with Crippen LogP contribution in [0.3, 0.4) is 0 Å². The summed E-state index contributed by atoms with van der Waals surface area (Å²) in [5.74, 6) is 1.22. The second-order valence-electron chi connectivity index (χ2n) is 2.51. The fraction of sp³-hybridized carbons (Fsp3) is 0.875. The van der Waals surface area contributed by atoms with Crippen molar-refractivity contribution in [2.75, 3.05) is 18.6 Å². The minimum atomic E-state index is -0.0215. The monoisotopic (exact) mass is 253 g/mol. The number of thioether (sulfide) groups is 1. The highest BCUT2D eigenvalue weighted by atomic mass is 79.9. The Balaban J connectivity index is 3.31. The molecule has 0 bridgehead atoms. The molecule has 0 rings (SSSR count). The first-order chi connectivity index (χ1) is 5.72.